The molecule has 0 saturated carbocycles. The van der Waals surface area contributed by atoms with Gasteiger partial charge in [0.05, 0.1) is 11.4 Å². The van der Waals surface area contributed by atoms with Crippen molar-refractivity contribution in [3.63, 3.8) is 0 Å². The summed E-state index contributed by atoms with van der Waals surface area (Å²) in [6.07, 6.45) is 0.608. The lowest BCUT2D eigenvalue weighted by Crippen LogP contribution is -2.29. The Morgan fingerprint density at radius 2 is 1.81 bits per heavy atom. The summed E-state index contributed by atoms with van der Waals surface area (Å²) < 4.78 is 0. The molecule has 2 rings (SSSR count). The summed E-state index contributed by atoms with van der Waals surface area (Å²) in [5.74, 6) is 0.228. The minimum Gasteiger partial charge on any atom is -0.370 e. The molecule has 0 N–H and O–H groups in total. The van der Waals surface area contributed by atoms with E-state index < -0.39 is 0 Å². The maximum Gasteiger partial charge on any atom is 0.228 e. The molecule has 1 amide bonds. The fourth-order valence-electron chi connectivity index (χ4n) is 2.26. The van der Waals surface area contributed by atoms with Crippen LogP contribution in [0.4, 0.5) is 11.4 Å². The number of benzene rings is 1. The third-order valence-corrected chi connectivity index (χ3v) is 3.11. The van der Waals surface area contributed by atoms with Crippen LogP contribution >= 0.6 is 0 Å². The average molecular weight is 218 g/mol. The van der Waals surface area contributed by atoms with E-state index in [1.54, 1.807) is 0 Å². The fourth-order valence-corrected chi connectivity index (χ4v) is 2.26. The number of amides is 1. The van der Waals surface area contributed by atoms with Gasteiger partial charge in [-0.3, -0.25) is 4.79 Å². The first-order valence-electron chi connectivity index (χ1n) is 5.92. The summed E-state index contributed by atoms with van der Waals surface area (Å²) in [5, 5.41) is 0. The van der Waals surface area contributed by atoms with E-state index in [4.69, 9.17) is 0 Å². The molecule has 1 aliphatic rings. The second-order valence-corrected chi connectivity index (χ2v) is 3.96. The predicted octanol–water partition coefficient (Wildman–Crippen LogP) is 2.27. The maximum absolute atomic E-state index is 12.0. The molecule has 0 unspecified atom stereocenters. The van der Waals surface area contributed by atoms with Crippen LogP contribution in [0.2, 0.25) is 0 Å². The van der Waals surface area contributed by atoms with E-state index >= 15 is 0 Å². The minimum absolute atomic E-state index is 0.228. The molecule has 16 heavy (non-hydrogen) atoms. The van der Waals surface area contributed by atoms with Gasteiger partial charge in [0, 0.05) is 26.1 Å². The summed E-state index contributed by atoms with van der Waals surface area (Å²) in [5.41, 5.74) is 2.23. The number of hydrogen-bond acceptors (Lipinski definition) is 2. The lowest BCUT2D eigenvalue weighted by molar-refractivity contribution is -0.118. The largest absolute Gasteiger partial charge is 0.370 e. The third-order valence-electron chi connectivity index (χ3n) is 3.11. The topological polar surface area (TPSA) is 23.6 Å². The van der Waals surface area contributed by atoms with E-state index in [2.05, 4.69) is 17.9 Å². The van der Waals surface area contributed by atoms with Gasteiger partial charge in [0.15, 0.2) is 0 Å². The molecule has 1 aromatic rings. The van der Waals surface area contributed by atoms with Crippen LogP contribution in [0.3, 0.4) is 0 Å². The van der Waals surface area contributed by atoms with Crippen molar-refractivity contribution in [3.05, 3.63) is 24.3 Å². The molecule has 0 aromatic heterocycles. The average Bonchev–Trinajstić information content (AvgIpc) is 2.45. The molecule has 86 valence electrons. The summed E-state index contributed by atoms with van der Waals surface area (Å²) in [6.45, 7) is 6.66. The number of carbonyl (C=O) groups excluding carboxylic acids is 1. The van der Waals surface area contributed by atoms with Gasteiger partial charge < -0.3 is 9.80 Å². The Kier molecular flexibility index (Phi) is 3.13. The van der Waals surface area contributed by atoms with Crippen LogP contribution in [0, 0.1) is 0 Å². The molecule has 0 bridgehead atoms. The molecule has 0 saturated heterocycles. The monoisotopic (exact) mass is 218 g/mol. The molecule has 3 heteroatoms. The number of rotatable bonds is 2. The molecule has 3 nitrogen and oxygen atoms in total. The summed E-state index contributed by atoms with van der Waals surface area (Å²) in [7, 11) is 0. The predicted molar refractivity (Wildman–Crippen MR) is 67.0 cm³/mol. The van der Waals surface area contributed by atoms with E-state index in [1.165, 1.54) is 5.69 Å². The van der Waals surface area contributed by atoms with Gasteiger partial charge in [0.25, 0.3) is 0 Å². The van der Waals surface area contributed by atoms with E-state index in [0.717, 1.165) is 25.3 Å². The van der Waals surface area contributed by atoms with E-state index in [0.29, 0.717) is 6.42 Å². The van der Waals surface area contributed by atoms with Gasteiger partial charge in [-0.05, 0) is 26.0 Å². The summed E-state index contributed by atoms with van der Waals surface area (Å²) in [6, 6.07) is 8.16. The first-order chi connectivity index (χ1) is 7.77. The van der Waals surface area contributed by atoms with Crippen molar-refractivity contribution < 1.29 is 4.79 Å². The smallest absolute Gasteiger partial charge is 0.228 e. The number of carbonyl (C=O) groups is 1. The van der Waals surface area contributed by atoms with Gasteiger partial charge in [-0.1, -0.05) is 12.1 Å². The SMILES string of the molecule is CCN1CCC(=O)N(CC)c2ccccc21. The van der Waals surface area contributed by atoms with Gasteiger partial charge in [-0.25, -0.2) is 0 Å². The van der Waals surface area contributed by atoms with Crippen LogP contribution in [0.15, 0.2) is 24.3 Å². The Morgan fingerprint density at radius 1 is 1.12 bits per heavy atom. The first kappa shape index (κ1) is 11.0. The zero-order valence-electron chi connectivity index (χ0n) is 9.94. The van der Waals surface area contributed by atoms with Crippen molar-refractivity contribution in [3.8, 4) is 0 Å². The fraction of sp³-hybridized carbons (Fsp3) is 0.462. The van der Waals surface area contributed by atoms with Crippen LogP contribution in [-0.2, 0) is 4.79 Å². The van der Waals surface area contributed by atoms with Gasteiger partial charge in [0.2, 0.25) is 5.91 Å². The highest BCUT2D eigenvalue weighted by molar-refractivity contribution is 5.98. The Balaban J connectivity index is 2.48. The molecule has 1 aromatic carbocycles. The van der Waals surface area contributed by atoms with Crippen LogP contribution in [0.25, 0.3) is 0 Å². The van der Waals surface area contributed by atoms with Crippen molar-refractivity contribution in [1.29, 1.82) is 0 Å². The highest BCUT2D eigenvalue weighted by Gasteiger charge is 2.23. The molecule has 0 radical (unpaired) electrons. The molecular formula is C13H18N2O. The standard InChI is InChI=1S/C13H18N2O/c1-3-14-10-9-13(16)15(4-2)12-8-6-5-7-11(12)14/h5-8H,3-4,9-10H2,1-2H3. The second kappa shape index (κ2) is 4.56. The zero-order valence-corrected chi connectivity index (χ0v) is 9.94. The maximum atomic E-state index is 12.0. The molecule has 0 fully saturated rings. The Morgan fingerprint density at radius 3 is 2.44 bits per heavy atom. The molecule has 0 spiro atoms. The second-order valence-electron chi connectivity index (χ2n) is 3.96. The van der Waals surface area contributed by atoms with Crippen molar-refractivity contribution in [2.45, 2.75) is 20.3 Å². The summed E-state index contributed by atoms with van der Waals surface area (Å²) >= 11 is 0. The quantitative estimate of drug-likeness (QED) is 0.760. The van der Waals surface area contributed by atoms with Gasteiger partial charge in [0.1, 0.15) is 0 Å². The third kappa shape index (κ3) is 1.77. The number of fused-ring (bicyclic) bond motifs is 1. The van der Waals surface area contributed by atoms with Gasteiger partial charge in [-0.2, -0.15) is 0 Å². The summed E-state index contributed by atoms with van der Waals surface area (Å²) in [4.78, 5) is 16.1. The van der Waals surface area contributed by atoms with E-state index in [-0.39, 0.29) is 5.91 Å². The number of nitrogens with zero attached hydrogens (tertiary/aromatic N) is 2. The molecule has 1 aliphatic heterocycles. The Bertz CT molecular complexity index is 389. The lowest BCUT2D eigenvalue weighted by atomic mass is 10.2. The Labute approximate surface area is 96.7 Å². The number of anilines is 2. The van der Waals surface area contributed by atoms with Gasteiger partial charge in [-0.15, -0.1) is 0 Å². The first-order valence-corrected chi connectivity index (χ1v) is 5.92. The van der Waals surface area contributed by atoms with E-state index in [1.807, 2.05) is 30.0 Å². The van der Waals surface area contributed by atoms with Crippen molar-refractivity contribution in [2.24, 2.45) is 0 Å². The highest BCUT2D eigenvalue weighted by Crippen LogP contribution is 2.31. The van der Waals surface area contributed by atoms with Gasteiger partial charge >= 0.3 is 0 Å². The molecular weight excluding hydrogens is 200 g/mol. The molecule has 0 aliphatic carbocycles. The van der Waals surface area contributed by atoms with Crippen molar-refractivity contribution in [1.82, 2.24) is 0 Å². The molecule has 0 atom stereocenters. The Hall–Kier alpha value is -1.51. The highest BCUT2D eigenvalue weighted by atomic mass is 16.2. The van der Waals surface area contributed by atoms with Crippen LogP contribution in [0.1, 0.15) is 20.3 Å². The van der Waals surface area contributed by atoms with Crippen LogP contribution in [-0.4, -0.2) is 25.5 Å². The van der Waals surface area contributed by atoms with Crippen LogP contribution in [0.5, 0.6) is 0 Å². The zero-order chi connectivity index (χ0) is 11.5. The van der Waals surface area contributed by atoms with Crippen LogP contribution < -0.4 is 9.80 Å². The molecule has 1 heterocycles. The normalized spacial score (nSPS) is 16.0. The number of para-hydroxylation sites is 2. The lowest BCUT2D eigenvalue weighted by Gasteiger charge is -2.24. The van der Waals surface area contributed by atoms with Crippen molar-refractivity contribution in [2.75, 3.05) is 29.4 Å². The number of hydrogen-bond donors (Lipinski definition) is 0. The van der Waals surface area contributed by atoms with E-state index in [9.17, 15) is 4.79 Å². The van der Waals surface area contributed by atoms with Crippen molar-refractivity contribution >= 4 is 17.3 Å². The minimum atomic E-state index is 0.228.